The van der Waals surface area contributed by atoms with Gasteiger partial charge in [0.25, 0.3) is 0 Å². The van der Waals surface area contributed by atoms with Crippen LogP contribution in [0.3, 0.4) is 0 Å². The van der Waals surface area contributed by atoms with Crippen LogP contribution in [-0.4, -0.2) is 100 Å². The van der Waals surface area contributed by atoms with Crippen molar-refractivity contribution in [3.05, 3.63) is 41.2 Å². The molecule has 13 heteroatoms. The number of amides is 1. The van der Waals surface area contributed by atoms with Gasteiger partial charge in [0.05, 0.1) is 17.6 Å². The average Bonchev–Trinajstić information content (AvgIpc) is 3.90. The Bertz CT molecular complexity index is 2070. The highest BCUT2D eigenvalue weighted by molar-refractivity contribution is 5.94. The van der Waals surface area contributed by atoms with Crippen molar-refractivity contribution in [1.82, 2.24) is 19.8 Å². The van der Waals surface area contributed by atoms with Crippen molar-refractivity contribution in [1.29, 1.82) is 0 Å². The van der Waals surface area contributed by atoms with Gasteiger partial charge in [-0.25, -0.2) is 13.6 Å². The topological polar surface area (TPSA) is 118 Å². The molecule has 3 aromatic rings. The lowest BCUT2D eigenvalue weighted by molar-refractivity contribution is -0.152. The van der Waals surface area contributed by atoms with Crippen LogP contribution in [0.4, 0.5) is 19.4 Å². The number of anilines is 1. The number of alkyl halides is 1. The van der Waals surface area contributed by atoms with Crippen LogP contribution >= 0.6 is 0 Å². The van der Waals surface area contributed by atoms with Gasteiger partial charge in [0.15, 0.2) is 5.82 Å². The SMILES string of the molecule is CCCCCCCCCCCCCCCC(=O)OCOC(=O)N1[C@@H]2CC[C@H]1CN(c1nc(OC[C@@]34CCCN3C[C@H](F)C4)nc3c(F)c(-c4cc(O)cc5c4C(C)CCC5)ccc13)C2. The second-order valence-corrected chi connectivity index (χ2v) is 19.6. The number of phenolic OH excluding ortho intramolecular Hbond substituents is 1. The molecule has 2 aromatic carbocycles. The van der Waals surface area contributed by atoms with E-state index in [2.05, 4.69) is 23.6 Å². The van der Waals surface area contributed by atoms with Crippen molar-refractivity contribution in [2.75, 3.05) is 44.5 Å². The second kappa shape index (κ2) is 21.4. The summed E-state index contributed by atoms with van der Waals surface area (Å²) in [5.74, 6) is -0.0556. The molecule has 4 fully saturated rings. The number of carbonyl (C=O) groups excluding carboxylic acids is 2. The van der Waals surface area contributed by atoms with Crippen molar-refractivity contribution in [3.8, 4) is 22.9 Å². The van der Waals surface area contributed by atoms with E-state index in [4.69, 9.17) is 24.2 Å². The van der Waals surface area contributed by atoms with E-state index in [1.165, 1.54) is 64.2 Å². The minimum atomic E-state index is -0.924. The molecular weight excluding hydrogens is 817 g/mol. The van der Waals surface area contributed by atoms with Crippen LogP contribution < -0.4 is 9.64 Å². The molecule has 350 valence electrons. The lowest BCUT2D eigenvalue weighted by atomic mass is 9.79. The van der Waals surface area contributed by atoms with Crippen molar-refractivity contribution in [3.63, 3.8) is 0 Å². The number of phenols is 1. The fourth-order valence-electron chi connectivity index (χ4n) is 11.7. The quantitative estimate of drug-likeness (QED) is 0.0629. The number of rotatable bonds is 21. The third-order valence-corrected chi connectivity index (χ3v) is 15.0. The van der Waals surface area contributed by atoms with E-state index in [1.54, 1.807) is 23.1 Å². The molecule has 4 aliphatic heterocycles. The smallest absolute Gasteiger partial charge is 0.413 e. The number of nitrogens with zero attached hydrogens (tertiary/aromatic N) is 5. The van der Waals surface area contributed by atoms with Crippen LogP contribution in [0.25, 0.3) is 22.0 Å². The summed E-state index contributed by atoms with van der Waals surface area (Å²) in [6.07, 6.45) is 21.3. The summed E-state index contributed by atoms with van der Waals surface area (Å²) < 4.78 is 49.1. The highest BCUT2D eigenvalue weighted by Gasteiger charge is 2.50. The Balaban J connectivity index is 0.897. The van der Waals surface area contributed by atoms with Gasteiger partial charge in [-0.2, -0.15) is 9.97 Å². The highest BCUT2D eigenvalue weighted by atomic mass is 19.1. The Morgan fingerprint density at radius 3 is 2.28 bits per heavy atom. The fraction of sp³-hybridized carbons (Fsp3) is 0.686. The number of carbonyl (C=O) groups is 2. The van der Waals surface area contributed by atoms with E-state index < -0.39 is 30.4 Å². The third-order valence-electron chi connectivity index (χ3n) is 15.0. The van der Waals surface area contributed by atoms with Crippen LogP contribution in [0.1, 0.15) is 166 Å². The fourth-order valence-corrected chi connectivity index (χ4v) is 11.7. The number of hydrogen-bond donors (Lipinski definition) is 1. The Kier molecular flexibility index (Phi) is 15.4. The van der Waals surface area contributed by atoms with Crippen LogP contribution in [0.2, 0.25) is 0 Å². The van der Waals surface area contributed by atoms with E-state index in [1.807, 2.05) is 6.07 Å². The number of halogens is 2. The molecule has 0 saturated carbocycles. The van der Waals surface area contributed by atoms with Gasteiger partial charge in [0, 0.05) is 43.4 Å². The Morgan fingerprint density at radius 1 is 0.859 bits per heavy atom. The molecule has 2 bridgehead atoms. The first-order chi connectivity index (χ1) is 31.1. The number of aromatic nitrogens is 2. The first-order valence-corrected chi connectivity index (χ1v) is 24.9. The number of piperazine rings is 1. The molecule has 5 atom stereocenters. The van der Waals surface area contributed by atoms with E-state index in [0.29, 0.717) is 54.8 Å². The summed E-state index contributed by atoms with van der Waals surface area (Å²) in [5.41, 5.74) is 2.79. The maximum absolute atomic E-state index is 17.2. The average molecular weight is 888 g/mol. The molecule has 0 spiro atoms. The van der Waals surface area contributed by atoms with E-state index in [0.717, 1.165) is 81.9 Å². The Labute approximate surface area is 378 Å². The van der Waals surface area contributed by atoms with Crippen LogP contribution in [0, 0.1) is 5.82 Å². The molecule has 0 radical (unpaired) electrons. The molecule has 64 heavy (non-hydrogen) atoms. The molecule has 1 unspecified atom stereocenters. The minimum Gasteiger partial charge on any atom is -0.508 e. The molecule has 1 aromatic heterocycles. The van der Waals surface area contributed by atoms with Gasteiger partial charge in [-0.3, -0.25) is 14.6 Å². The summed E-state index contributed by atoms with van der Waals surface area (Å²) in [7, 11) is 0. The van der Waals surface area contributed by atoms with Crippen molar-refractivity contribution >= 4 is 28.8 Å². The summed E-state index contributed by atoms with van der Waals surface area (Å²) in [6, 6.07) is 6.71. The van der Waals surface area contributed by atoms with E-state index in [9.17, 15) is 19.1 Å². The first-order valence-electron chi connectivity index (χ1n) is 24.9. The summed E-state index contributed by atoms with van der Waals surface area (Å²) in [5, 5.41) is 11.3. The lowest BCUT2D eigenvalue weighted by Gasteiger charge is -2.41. The number of benzene rings is 2. The Hall–Kier alpha value is -4.26. The van der Waals surface area contributed by atoms with Crippen molar-refractivity contribution in [2.24, 2.45) is 0 Å². The number of ether oxygens (including phenoxy) is 3. The van der Waals surface area contributed by atoms with Crippen LogP contribution in [0.5, 0.6) is 11.8 Å². The molecule has 1 N–H and O–H groups in total. The molecule has 5 heterocycles. The van der Waals surface area contributed by atoms with Gasteiger partial charge in [0.1, 0.15) is 29.9 Å². The Morgan fingerprint density at radius 2 is 1.56 bits per heavy atom. The third kappa shape index (κ3) is 10.5. The predicted molar refractivity (Wildman–Crippen MR) is 245 cm³/mol. The van der Waals surface area contributed by atoms with E-state index in [-0.39, 0.29) is 47.9 Å². The first kappa shape index (κ1) is 46.3. The van der Waals surface area contributed by atoms with E-state index >= 15 is 4.39 Å². The molecule has 4 saturated heterocycles. The lowest BCUT2D eigenvalue weighted by Crippen LogP contribution is -2.56. The predicted octanol–water partition coefficient (Wildman–Crippen LogP) is 11.3. The maximum atomic E-state index is 17.2. The molecule has 5 aliphatic rings. The van der Waals surface area contributed by atoms with Gasteiger partial charge >= 0.3 is 18.1 Å². The number of aromatic hydroxyl groups is 1. The maximum Gasteiger partial charge on any atom is 0.413 e. The van der Waals surface area contributed by atoms with Gasteiger partial charge in [-0.05, 0) is 98.7 Å². The van der Waals surface area contributed by atoms with Gasteiger partial charge in [-0.1, -0.05) is 97.0 Å². The monoisotopic (exact) mass is 888 g/mol. The molecule has 1 aliphatic carbocycles. The van der Waals surface area contributed by atoms with Crippen LogP contribution in [0.15, 0.2) is 24.3 Å². The zero-order valence-corrected chi connectivity index (χ0v) is 38.4. The van der Waals surface area contributed by atoms with Crippen molar-refractivity contribution in [2.45, 2.75) is 185 Å². The standard InChI is InChI=1S/C51H71F2N5O6/c1-3-4-5-6-7-8-9-10-11-12-13-14-15-20-44(60)63-34-64-50(61)58-38-21-22-39(58)32-56(31-38)48-42-24-23-41(43-28-40(59)27-36-19-16-18-35(2)45(36)43)46(53)47(42)54-49(55-48)62-33-51-25-17-26-57(51)30-37(52)29-51/h23-24,27-28,35,37-39,59H,3-22,25-26,29-34H2,1-2H3/t35?,37-,38-,39+,51+/m1/s1. The zero-order valence-electron chi connectivity index (χ0n) is 38.4. The summed E-state index contributed by atoms with van der Waals surface area (Å²) in [4.78, 5) is 41.6. The number of aryl methyl sites for hydroxylation is 1. The highest BCUT2D eigenvalue weighted by Crippen LogP contribution is 2.45. The summed E-state index contributed by atoms with van der Waals surface area (Å²) >= 11 is 0. The number of unbranched alkanes of at least 4 members (excludes halogenated alkanes) is 12. The van der Waals surface area contributed by atoms with Gasteiger partial charge in [-0.15, -0.1) is 0 Å². The second-order valence-electron chi connectivity index (χ2n) is 19.6. The van der Waals surface area contributed by atoms with Gasteiger partial charge in [0.2, 0.25) is 6.79 Å². The normalized spacial score (nSPS) is 24.0. The van der Waals surface area contributed by atoms with Gasteiger partial charge < -0.3 is 24.2 Å². The van der Waals surface area contributed by atoms with Crippen LogP contribution in [-0.2, 0) is 20.7 Å². The largest absolute Gasteiger partial charge is 0.508 e. The number of fused-ring (bicyclic) bond motifs is 5. The molecular formula is C51H71F2N5O6. The summed E-state index contributed by atoms with van der Waals surface area (Å²) in [6.45, 7) is 6.24. The molecule has 11 nitrogen and oxygen atoms in total. The number of hydrogen-bond acceptors (Lipinski definition) is 10. The molecule has 8 rings (SSSR count). The molecule has 1 amide bonds. The zero-order chi connectivity index (χ0) is 44.6. The number of esters is 1. The van der Waals surface area contributed by atoms with Crippen molar-refractivity contribution < 1.29 is 37.7 Å². The minimum absolute atomic E-state index is 0.0307.